The van der Waals surface area contributed by atoms with Gasteiger partial charge < -0.3 is 4.90 Å². The number of hydrogen-bond acceptors (Lipinski definition) is 1. The van der Waals surface area contributed by atoms with Crippen molar-refractivity contribution in [3.8, 4) is 11.3 Å². The Kier molecular flexibility index (Phi) is 4.70. The molecule has 26 heavy (non-hydrogen) atoms. The first-order valence-corrected chi connectivity index (χ1v) is 9.59. The van der Waals surface area contributed by atoms with E-state index in [-0.39, 0.29) is 0 Å². The predicted octanol–water partition coefficient (Wildman–Crippen LogP) is 4.37. The highest BCUT2D eigenvalue weighted by Crippen LogP contribution is 2.23. The third-order valence-corrected chi connectivity index (χ3v) is 5.36. The van der Waals surface area contributed by atoms with Crippen LogP contribution in [0.5, 0.6) is 0 Å². The Morgan fingerprint density at radius 1 is 1.04 bits per heavy atom. The first-order valence-electron chi connectivity index (χ1n) is 9.21. The average Bonchev–Trinajstić information content (AvgIpc) is 3.22. The summed E-state index contributed by atoms with van der Waals surface area (Å²) < 4.78 is 4.63. The van der Waals surface area contributed by atoms with Crippen LogP contribution in [0, 0.1) is 0 Å². The van der Waals surface area contributed by atoms with Crippen LogP contribution in [0.15, 0.2) is 54.7 Å². The normalized spacial score (nSPS) is 11.8. The summed E-state index contributed by atoms with van der Waals surface area (Å²) in [5.41, 5.74) is 4.71. The molecule has 0 aliphatic heterocycles. The van der Waals surface area contributed by atoms with Gasteiger partial charge in [-0.15, -0.1) is 0 Å². The van der Waals surface area contributed by atoms with E-state index in [1.54, 1.807) is 0 Å². The van der Waals surface area contributed by atoms with Gasteiger partial charge in [-0.05, 0) is 49.5 Å². The average molecular weight is 368 g/mol. The van der Waals surface area contributed by atoms with E-state index in [1.807, 2.05) is 12.1 Å². The fourth-order valence-electron chi connectivity index (χ4n) is 3.58. The zero-order valence-electron chi connectivity index (χ0n) is 15.2. The van der Waals surface area contributed by atoms with E-state index in [0.29, 0.717) is 0 Å². The molecule has 0 aliphatic rings. The number of benzene rings is 2. The first-order chi connectivity index (χ1) is 12.7. The Morgan fingerprint density at radius 2 is 1.77 bits per heavy atom. The van der Waals surface area contributed by atoms with E-state index in [0.717, 1.165) is 48.2 Å². The van der Waals surface area contributed by atoms with Crippen molar-refractivity contribution in [2.24, 2.45) is 0 Å². The molecule has 5 heteroatoms. The van der Waals surface area contributed by atoms with Gasteiger partial charge in [0.15, 0.2) is 0 Å². The minimum Gasteiger partial charge on any atom is -0.301 e. The Balaban J connectivity index is 1.81. The van der Waals surface area contributed by atoms with Crippen molar-refractivity contribution in [3.63, 3.8) is 0 Å². The van der Waals surface area contributed by atoms with Crippen molar-refractivity contribution in [2.45, 2.75) is 20.4 Å². The van der Waals surface area contributed by atoms with E-state index in [4.69, 9.17) is 11.6 Å². The quantitative estimate of drug-likeness (QED) is 0.503. The van der Waals surface area contributed by atoms with Gasteiger partial charge in [0.2, 0.25) is 0 Å². The van der Waals surface area contributed by atoms with Crippen LogP contribution >= 0.6 is 11.6 Å². The molecule has 0 aliphatic carbocycles. The second kappa shape index (κ2) is 7.14. The summed E-state index contributed by atoms with van der Waals surface area (Å²) >= 11 is 6.03. The van der Waals surface area contributed by atoms with E-state index in [1.165, 1.54) is 11.0 Å². The number of halogens is 1. The van der Waals surface area contributed by atoms with Crippen molar-refractivity contribution in [1.29, 1.82) is 0 Å². The molecule has 2 aromatic carbocycles. The van der Waals surface area contributed by atoms with Crippen molar-refractivity contribution in [1.82, 2.24) is 14.3 Å². The highest BCUT2D eigenvalue weighted by molar-refractivity contribution is 6.30. The van der Waals surface area contributed by atoms with Gasteiger partial charge >= 0.3 is 5.78 Å². The summed E-state index contributed by atoms with van der Waals surface area (Å²) in [6.07, 6.45) is 2.18. The van der Waals surface area contributed by atoms with Gasteiger partial charge in [0, 0.05) is 17.1 Å². The number of aromatic amines is 1. The Hall–Kier alpha value is -2.30. The molecule has 0 unspecified atom stereocenters. The van der Waals surface area contributed by atoms with Gasteiger partial charge in [-0.25, -0.2) is 9.55 Å². The zero-order chi connectivity index (χ0) is 18.1. The maximum atomic E-state index is 6.03. The van der Waals surface area contributed by atoms with Crippen LogP contribution in [0.1, 0.15) is 13.8 Å². The summed E-state index contributed by atoms with van der Waals surface area (Å²) in [6, 6.07) is 16.5. The molecule has 0 fully saturated rings. The molecule has 4 aromatic rings. The number of H-pyrrole nitrogens is 1. The van der Waals surface area contributed by atoms with Crippen molar-refractivity contribution in [3.05, 3.63) is 59.8 Å². The predicted molar refractivity (Wildman–Crippen MR) is 108 cm³/mol. The lowest BCUT2D eigenvalue weighted by molar-refractivity contribution is -0.647. The smallest absolute Gasteiger partial charge is 0.301 e. The monoisotopic (exact) mass is 367 g/mol. The van der Waals surface area contributed by atoms with Gasteiger partial charge in [0.1, 0.15) is 22.9 Å². The van der Waals surface area contributed by atoms with Crippen molar-refractivity contribution in [2.75, 3.05) is 19.6 Å². The number of hydrogen-bond donors (Lipinski definition) is 1. The fraction of sp³-hybridized carbons (Fsp3) is 0.286. The third-order valence-electron chi connectivity index (χ3n) is 5.11. The molecule has 0 spiro atoms. The molecule has 134 valence electrons. The van der Waals surface area contributed by atoms with E-state index in [2.05, 4.69) is 75.3 Å². The SMILES string of the molecule is CCN(CC)CC[n+]1c2ccccc2n2cc(-c3ccc(Cl)cc3)[nH]c21. The number of likely N-dealkylation sites (N-methyl/N-ethyl adjacent to an activating group) is 1. The molecule has 0 bridgehead atoms. The van der Waals surface area contributed by atoms with Crippen LogP contribution in [0.2, 0.25) is 5.02 Å². The molecule has 4 rings (SSSR count). The summed E-state index contributed by atoms with van der Waals surface area (Å²) in [7, 11) is 0. The van der Waals surface area contributed by atoms with E-state index in [9.17, 15) is 0 Å². The highest BCUT2D eigenvalue weighted by Gasteiger charge is 2.21. The Labute approximate surface area is 158 Å². The second-order valence-electron chi connectivity index (χ2n) is 6.54. The number of rotatable bonds is 6. The number of imidazole rings is 2. The van der Waals surface area contributed by atoms with E-state index < -0.39 is 0 Å². The van der Waals surface area contributed by atoms with Gasteiger partial charge in [-0.2, -0.15) is 4.40 Å². The van der Waals surface area contributed by atoms with Crippen LogP contribution in [-0.2, 0) is 6.54 Å². The van der Waals surface area contributed by atoms with Crippen LogP contribution in [0.3, 0.4) is 0 Å². The highest BCUT2D eigenvalue weighted by atomic mass is 35.5. The number of fused-ring (bicyclic) bond motifs is 3. The number of para-hydroxylation sites is 2. The molecule has 2 aromatic heterocycles. The third kappa shape index (κ3) is 3.00. The molecule has 1 N–H and O–H groups in total. The maximum Gasteiger partial charge on any atom is 0.368 e. The Morgan fingerprint density at radius 3 is 2.50 bits per heavy atom. The molecule has 0 saturated carbocycles. The van der Waals surface area contributed by atoms with Crippen molar-refractivity contribution < 1.29 is 4.57 Å². The lowest BCUT2D eigenvalue weighted by Gasteiger charge is -2.16. The Bertz CT molecular complexity index is 1030. The number of nitrogens with zero attached hydrogens (tertiary/aromatic N) is 3. The maximum absolute atomic E-state index is 6.03. The fourth-order valence-corrected chi connectivity index (χ4v) is 3.70. The van der Waals surface area contributed by atoms with Crippen LogP contribution in [0.4, 0.5) is 0 Å². The zero-order valence-corrected chi connectivity index (χ0v) is 16.0. The molecule has 0 radical (unpaired) electrons. The standard InChI is InChI=1S/C21H23ClN4/c1-3-24(4-2)13-14-25-19-7-5-6-8-20(19)26-15-18(23-21(25)26)16-9-11-17(22)12-10-16/h5-12,15H,3-4,13-14H2,1-2H3/p+1. The molecule has 0 atom stereocenters. The number of nitrogens with one attached hydrogen (secondary N) is 1. The second-order valence-corrected chi connectivity index (χ2v) is 6.97. The van der Waals surface area contributed by atoms with Crippen molar-refractivity contribution >= 4 is 28.4 Å². The van der Waals surface area contributed by atoms with Gasteiger partial charge in [0.25, 0.3) is 0 Å². The molecule has 0 amide bonds. The topological polar surface area (TPSA) is 27.3 Å². The largest absolute Gasteiger partial charge is 0.368 e. The van der Waals surface area contributed by atoms with E-state index >= 15 is 0 Å². The summed E-state index contributed by atoms with van der Waals surface area (Å²) in [5.74, 6) is 1.11. The summed E-state index contributed by atoms with van der Waals surface area (Å²) in [4.78, 5) is 6.07. The van der Waals surface area contributed by atoms with Gasteiger partial charge in [-0.3, -0.25) is 0 Å². The minimum absolute atomic E-state index is 0.756. The van der Waals surface area contributed by atoms with Crippen LogP contribution in [-0.4, -0.2) is 33.9 Å². The van der Waals surface area contributed by atoms with Gasteiger partial charge in [-0.1, -0.05) is 37.6 Å². The molecule has 2 heterocycles. The molecular weight excluding hydrogens is 344 g/mol. The lowest BCUT2D eigenvalue weighted by atomic mass is 10.2. The number of aromatic nitrogens is 3. The van der Waals surface area contributed by atoms with Gasteiger partial charge in [0.05, 0.1) is 6.54 Å². The molecule has 0 saturated heterocycles. The lowest BCUT2D eigenvalue weighted by Crippen LogP contribution is -2.40. The molecule has 4 nitrogen and oxygen atoms in total. The first kappa shape index (κ1) is 17.1. The summed E-state index contributed by atoms with van der Waals surface area (Å²) in [5, 5.41) is 0.756. The summed E-state index contributed by atoms with van der Waals surface area (Å²) in [6.45, 7) is 8.58. The van der Waals surface area contributed by atoms with Crippen LogP contribution < -0.4 is 4.57 Å². The molecular formula is C21H24ClN4+. The minimum atomic E-state index is 0.756. The van der Waals surface area contributed by atoms with Crippen LogP contribution in [0.25, 0.3) is 28.1 Å².